The van der Waals surface area contributed by atoms with Crippen LogP contribution in [0.3, 0.4) is 0 Å². The molecular formula is C17H15N3O2. The van der Waals surface area contributed by atoms with E-state index in [1.807, 2.05) is 6.07 Å². The van der Waals surface area contributed by atoms with Crippen molar-refractivity contribution in [1.29, 1.82) is 5.26 Å². The van der Waals surface area contributed by atoms with Gasteiger partial charge in [0.1, 0.15) is 0 Å². The minimum atomic E-state index is -0.155. The molecule has 0 bridgehead atoms. The lowest BCUT2D eigenvalue weighted by Crippen LogP contribution is -2.14. The average molecular weight is 293 g/mol. The first-order valence-corrected chi connectivity index (χ1v) is 6.73. The van der Waals surface area contributed by atoms with Crippen LogP contribution in [-0.4, -0.2) is 18.2 Å². The van der Waals surface area contributed by atoms with E-state index in [2.05, 4.69) is 10.6 Å². The summed E-state index contributed by atoms with van der Waals surface area (Å²) in [5, 5.41) is 14.5. The lowest BCUT2D eigenvalue weighted by molar-refractivity contribution is -0.114. The molecule has 0 saturated heterocycles. The molecule has 2 rings (SSSR count). The molecule has 0 fully saturated rings. The SMILES string of the molecule is CC(=O)Nc1ccc(C(=O)CNc2cccc(C#N)c2)cc1. The molecule has 5 nitrogen and oxygen atoms in total. The molecule has 2 aromatic carbocycles. The smallest absolute Gasteiger partial charge is 0.221 e. The summed E-state index contributed by atoms with van der Waals surface area (Å²) in [5.41, 5.74) is 2.47. The van der Waals surface area contributed by atoms with Gasteiger partial charge in [-0.15, -0.1) is 0 Å². The third-order valence-electron chi connectivity index (χ3n) is 2.97. The maximum absolute atomic E-state index is 12.1. The number of hydrogen-bond donors (Lipinski definition) is 2. The molecule has 2 N–H and O–H groups in total. The number of rotatable bonds is 5. The number of Topliss-reactive ketones (excluding diaryl/α,β-unsaturated/α-hetero) is 1. The van der Waals surface area contributed by atoms with E-state index in [9.17, 15) is 9.59 Å². The fourth-order valence-corrected chi connectivity index (χ4v) is 1.93. The summed E-state index contributed by atoms with van der Waals surface area (Å²) >= 11 is 0. The van der Waals surface area contributed by atoms with Gasteiger partial charge in [-0.05, 0) is 42.5 Å². The summed E-state index contributed by atoms with van der Waals surface area (Å²) < 4.78 is 0. The molecular weight excluding hydrogens is 278 g/mol. The average Bonchev–Trinajstić information content (AvgIpc) is 2.53. The van der Waals surface area contributed by atoms with Crippen LogP contribution >= 0.6 is 0 Å². The van der Waals surface area contributed by atoms with Crippen LogP contribution in [0.4, 0.5) is 11.4 Å². The van der Waals surface area contributed by atoms with E-state index in [1.165, 1.54) is 6.92 Å². The molecule has 22 heavy (non-hydrogen) atoms. The molecule has 0 heterocycles. The summed E-state index contributed by atoms with van der Waals surface area (Å²) in [4.78, 5) is 23.0. The Morgan fingerprint density at radius 1 is 1.09 bits per heavy atom. The molecule has 110 valence electrons. The van der Waals surface area contributed by atoms with Crippen LogP contribution in [0.25, 0.3) is 0 Å². The molecule has 2 aromatic rings. The first kappa shape index (κ1) is 15.3. The molecule has 0 radical (unpaired) electrons. The Hall–Kier alpha value is -3.13. The third-order valence-corrected chi connectivity index (χ3v) is 2.97. The second-order valence-corrected chi connectivity index (χ2v) is 4.73. The first-order valence-electron chi connectivity index (χ1n) is 6.73. The van der Waals surface area contributed by atoms with Crippen molar-refractivity contribution in [2.24, 2.45) is 0 Å². The zero-order valence-electron chi connectivity index (χ0n) is 12.1. The molecule has 0 atom stereocenters. The normalized spacial score (nSPS) is 9.64. The van der Waals surface area contributed by atoms with Crippen molar-refractivity contribution >= 4 is 23.1 Å². The molecule has 0 unspecified atom stereocenters. The van der Waals surface area contributed by atoms with Gasteiger partial charge in [-0.25, -0.2) is 0 Å². The van der Waals surface area contributed by atoms with Crippen molar-refractivity contribution in [3.8, 4) is 6.07 Å². The minimum Gasteiger partial charge on any atom is -0.378 e. The third kappa shape index (κ3) is 4.18. The lowest BCUT2D eigenvalue weighted by atomic mass is 10.1. The number of nitriles is 1. The van der Waals surface area contributed by atoms with Gasteiger partial charge in [-0.3, -0.25) is 9.59 Å². The molecule has 1 amide bonds. The Balaban J connectivity index is 1.97. The summed E-state index contributed by atoms with van der Waals surface area (Å²) in [7, 11) is 0. The number of benzene rings is 2. The van der Waals surface area contributed by atoms with E-state index in [4.69, 9.17) is 5.26 Å². The zero-order valence-corrected chi connectivity index (χ0v) is 12.1. The van der Waals surface area contributed by atoms with Gasteiger partial charge in [0, 0.05) is 23.9 Å². The van der Waals surface area contributed by atoms with E-state index < -0.39 is 0 Å². The Morgan fingerprint density at radius 3 is 2.45 bits per heavy atom. The van der Waals surface area contributed by atoms with Gasteiger partial charge in [0.2, 0.25) is 5.91 Å². The fraction of sp³-hybridized carbons (Fsp3) is 0.118. The van der Waals surface area contributed by atoms with E-state index in [1.54, 1.807) is 48.5 Å². The second-order valence-electron chi connectivity index (χ2n) is 4.73. The highest BCUT2D eigenvalue weighted by molar-refractivity contribution is 5.99. The van der Waals surface area contributed by atoms with E-state index in [0.717, 1.165) is 5.69 Å². The van der Waals surface area contributed by atoms with Gasteiger partial charge in [0.05, 0.1) is 18.2 Å². The van der Waals surface area contributed by atoms with Crippen LogP contribution in [0.15, 0.2) is 48.5 Å². The predicted molar refractivity (Wildman–Crippen MR) is 84.7 cm³/mol. The number of amides is 1. The van der Waals surface area contributed by atoms with Gasteiger partial charge in [-0.1, -0.05) is 6.07 Å². The summed E-state index contributed by atoms with van der Waals surface area (Å²) in [6.45, 7) is 1.56. The topological polar surface area (TPSA) is 82.0 Å². The highest BCUT2D eigenvalue weighted by Gasteiger charge is 2.06. The van der Waals surface area contributed by atoms with Crippen LogP contribution < -0.4 is 10.6 Å². The Bertz CT molecular complexity index is 730. The maximum Gasteiger partial charge on any atom is 0.221 e. The van der Waals surface area contributed by atoms with E-state index in [0.29, 0.717) is 16.8 Å². The Morgan fingerprint density at radius 2 is 1.82 bits per heavy atom. The monoisotopic (exact) mass is 293 g/mol. The molecule has 0 aliphatic carbocycles. The Kier molecular flexibility index (Phi) is 4.89. The minimum absolute atomic E-state index is 0.0725. The number of carbonyl (C=O) groups is 2. The molecule has 0 aliphatic rings. The van der Waals surface area contributed by atoms with Gasteiger partial charge >= 0.3 is 0 Å². The molecule has 0 spiro atoms. The van der Waals surface area contributed by atoms with Gasteiger partial charge in [0.15, 0.2) is 5.78 Å². The van der Waals surface area contributed by atoms with Crippen LogP contribution in [-0.2, 0) is 4.79 Å². The second kappa shape index (κ2) is 7.04. The summed E-state index contributed by atoms with van der Waals surface area (Å²) in [5.74, 6) is -0.227. The standard InChI is InChI=1S/C17H15N3O2/c1-12(21)20-15-7-5-14(6-8-15)17(22)11-19-16-4-2-3-13(9-16)10-18/h2-9,19H,11H2,1H3,(H,20,21). The number of anilines is 2. The Labute approximate surface area is 128 Å². The van der Waals surface area contributed by atoms with Crippen molar-refractivity contribution in [3.63, 3.8) is 0 Å². The van der Waals surface area contributed by atoms with Crippen LogP contribution in [0.1, 0.15) is 22.8 Å². The van der Waals surface area contributed by atoms with Gasteiger partial charge in [0.25, 0.3) is 0 Å². The molecule has 0 aliphatic heterocycles. The van der Waals surface area contributed by atoms with Crippen molar-refractivity contribution in [2.75, 3.05) is 17.2 Å². The molecule has 0 saturated carbocycles. The van der Waals surface area contributed by atoms with E-state index >= 15 is 0 Å². The number of hydrogen-bond acceptors (Lipinski definition) is 4. The van der Waals surface area contributed by atoms with Crippen molar-refractivity contribution in [1.82, 2.24) is 0 Å². The van der Waals surface area contributed by atoms with Gasteiger partial charge in [-0.2, -0.15) is 5.26 Å². The largest absolute Gasteiger partial charge is 0.378 e. The number of carbonyl (C=O) groups excluding carboxylic acids is 2. The fourth-order valence-electron chi connectivity index (χ4n) is 1.93. The van der Waals surface area contributed by atoms with Crippen molar-refractivity contribution in [3.05, 3.63) is 59.7 Å². The van der Waals surface area contributed by atoms with Crippen LogP contribution in [0.5, 0.6) is 0 Å². The maximum atomic E-state index is 12.1. The molecule has 5 heteroatoms. The summed E-state index contributed by atoms with van der Waals surface area (Å²) in [6, 6.07) is 15.7. The number of nitrogens with zero attached hydrogens (tertiary/aromatic N) is 1. The van der Waals surface area contributed by atoms with Crippen molar-refractivity contribution < 1.29 is 9.59 Å². The van der Waals surface area contributed by atoms with Crippen LogP contribution in [0, 0.1) is 11.3 Å². The predicted octanol–water partition coefficient (Wildman–Crippen LogP) is 2.81. The summed E-state index contributed by atoms with van der Waals surface area (Å²) in [6.07, 6.45) is 0. The zero-order chi connectivity index (χ0) is 15.9. The first-order chi connectivity index (χ1) is 10.6. The highest BCUT2D eigenvalue weighted by Crippen LogP contribution is 2.12. The van der Waals surface area contributed by atoms with E-state index in [-0.39, 0.29) is 18.2 Å². The molecule has 0 aromatic heterocycles. The quantitative estimate of drug-likeness (QED) is 0.830. The number of nitrogens with one attached hydrogen (secondary N) is 2. The van der Waals surface area contributed by atoms with Gasteiger partial charge < -0.3 is 10.6 Å². The highest BCUT2D eigenvalue weighted by atomic mass is 16.1. The van der Waals surface area contributed by atoms with Crippen molar-refractivity contribution in [2.45, 2.75) is 6.92 Å². The lowest BCUT2D eigenvalue weighted by Gasteiger charge is -2.07. The number of ketones is 1. The van der Waals surface area contributed by atoms with Crippen LogP contribution in [0.2, 0.25) is 0 Å².